The lowest BCUT2D eigenvalue weighted by Gasteiger charge is -2.09. The molecule has 0 heterocycles. The van der Waals surface area contributed by atoms with E-state index < -0.39 is 23.7 Å². The molecule has 0 bridgehead atoms. The summed E-state index contributed by atoms with van der Waals surface area (Å²) in [4.78, 5) is 23.0. The van der Waals surface area contributed by atoms with Crippen molar-refractivity contribution < 1.29 is 14.0 Å². The van der Waals surface area contributed by atoms with Crippen LogP contribution in [0.2, 0.25) is 10.0 Å². The molecule has 0 aromatic heterocycles. The van der Waals surface area contributed by atoms with Gasteiger partial charge in [0.15, 0.2) is 5.78 Å². The van der Waals surface area contributed by atoms with E-state index in [0.717, 1.165) is 0 Å². The highest BCUT2D eigenvalue weighted by atomic mass is 35.5. The summed E-state index contributed by atoms with van der Waals surface area (Å²) in [5.74, 6) is -2.19. The molecule has 0 spiro atoms. The normalized spacial score (nSPS) is 12.6. The van der Waals surface area contributed by atoms with Gasteiger partial charge in [-0.2, -0.15) is 0 Å². The zero-order valence-electron chi connectivity index (χ0n) is 9.34. The minimum atomic E-state index is -2.16. The van der Waals surface area contributed by atoms with Gasteiger partial charge in [0.25, 0.3) is 0 Å². The fraction of sp³-hybridized carbons (Fsp3) is 0.333. The summed E-state index contributed by atoms with van der Waals surface area (Å²) in [5.41, 5.74) is 0.00370. The van der Waals surface area contributed by atoms with Gasteiger partial charge in [0.1, 0.15) is 0 Å². The molecule has 0 aliphatic rings. The molecular weight excluding hydrogens is 266 g/mol. The summed E-state index contributed by atoms with van der Waals surface area (Å²) in [6.07, 6.45) is -2.16. The molecule has 0 radical (unpaired) electrons. The fourth-order valence-electron chi connectivity index (χ4n) is 1.26. The van der Waals surface area contributed by atoms with Crippen LogP contribution in [-0.4, -0.2) is 17.7 Å². The average Bonchev–Trinajstić information content (AvgIpc) is 2.24. The van der Waals surface area contributed by atoms with Gasteiger partial charge in [-0.3, -0.25) is 9.59 Å². The molecule has 0 aliphatic carbocycles. The van der Waals surface area contributed by atoms with E-state index in [1.165, 1.54) is 32.0 Å². The molecular formula is C12H11Cl2FO2. The van der Waals surface area contributed by atoms with E-state index in [1.807, 2.05) is 0 Å². The Morgan fingerprint density at radius 1 is 1.12 bits per heavy atom. The first-order valence-electron chi connectivity index (χ1n) is 5.01. The zero-order valence-corrected chi connectivity index (χ0v) is 10.8. The fourth-order valence-corrected chi connectivity index (χ4v) is 1.79. The van der Waals surface area contributed by atoms with Gasteiger partial charge in [0.05, 0.1) is 0 Å². The lowest BCUT2D eigenvalue weighted by atomic mass is 9.98. The summed E-state index contributed by atoms with van der Waals surface area (Å²) < 4.78 is 13.6. The molecule has 0 saturated carbocycles. The first-order chi connectivity index (χ1) is 7.82. The largest absolute Gasteiger partial charge is 0.296 e. The van der Waals surface area contributed by atoms with Crippen LogP contribution in [0.5, 0.6) is 0 Å². The number of hydrogen-bond donors (Lipinski definition) is 0. The van der Waals surface area contributed by atoms with Gasteiger partial charge in [0.2, 0.25) is 12.0 Å². The van der Waals surface area contributed by atoms with Crippen molar-refractivity contribution in [2.24, 2.45) is 5.92 Å². The highest BCUT2D eigenvalue weighted by molar-refractivity contribution is 6.35. The van der Waals surface area contributed by atoms with E-state index in [9.17, 15) is 14.0 Å². The van der Waals surface area contributed by atoms with Crippen molar-refractivity contribution >= 4 is 34.8 Å². The summed E-state index contributed by atoms with van der Waals surface area (Å²) in [5, 5.41) is 0.454. The first-order valence-corrected chi connectivity index (χ1v) is 5.76. The Morgan fingerprint density at radius 2 is 1.59 bits per heavy atom. The molecule has 1 rings (SSSR count). The van der Waals surface area contributed by atoms with E-state index in [2.05, 4.69) is 0 Å². The number of rotatable bonds is 4. The second kappa shape index (κ2) is 5.61. The number of alkyl halides is 1. The molecule has 1 unspecified atom stereocenters. The van der Waals surface area contributed by atoms with Crippen LogP contribution in [0.1, 0.15) is 24.2 Å². The summed E-state index contributed by atoms with van der Waals surface area (Å²) in [6, 6.07) is 4.00. The van der Waals surface area contributed by atoms with Gasteiger partial charge in [-0.15, -0.1) is 0 Å². The van der Waals surface area contributed by atoms with Crippen LogP contribution in [0.15, 0.2) is 18.2 Å². The van der Waals surface area contributed by atoms with Gasteiger partial charge in [-0.1, -0.05) is 37.0 Å². The highest BCUT2D eigenvalue weighted by Crippen LogP contribution is 2.21. The highest BCUT2D eigenvalue weighted by Gasteiger charge is 2.29. The lowest BCUT2D eigenvalue weighted by molar-refractivity contribution is -0.125. The smallest absolute Gasteiger partial charge is 0.221 e. The van der Waals surface area contributed by atoms with Gasteiger partial charge >= 0.3 is 0 Å². The zero-order chi connectivity index (χ0) is 13.2. The predicted molar refractivity (Wildman–Crippen MR) is 65.5 cm³/mol. The minimum absolute atomic E-state index is 0.00370. The second-order valence-electron chi connectivity index (χ2n) is 3.94. The Kier molecular flexibility index (Phi) is 4.66. The number of carbonyl (C=O) groups is 2. The van der Waals surface area contributed by atoms with Crippen LogP contribution in [0, 0.1) is 5.92 Å². The van der Waals surface area contributed by atoms with Crippen LogP contribution in [0.25, 0.3) is 0 Å². The monoisotopic (exact) mass is 276 g/mol. The predicted octanol–water partition coefficient (Wildman–Crippen LogP) is 3.74. The van der Waals surface area contributed by atoms with E-state index in [4.69, 9.17) is 23.2 Å². The van der Waals surface area contributed by atoms with Crippen LogP contribution in [0.4, 0.5) is 4.39 Å². The summed E-state index contributed by atoms with van der Waals surface area (Å²) in [6.45, 7) is 3.07. The Hall–Kier alpha value is -0.930. The Labute approximate surface area is 109 Å². The second-order valence-corrected chi connectivity index (χ2v) is 4.81. The average molecular weight is 277 g/mol. The van der Waals surface area contributed by atoms with E-state index in [0.29, 0.717) is 0 Å². The number of halogens is 3. The molecule has 0 amide bonds. The SMILES string of the molecule is CC(C)C(=O)C(F)C(=O)c1cc(Cl)cc(Cl)c1. The molecule has 1 aromatic rings. The maximum atomic E-state index is 13.6. The van der Waals surface area contributed by atoms with E-state index >= 15 is 0 Å². The van der Waals surface area contributed by atoms with Crippen LogP contribution >= 0.6 is 23.2 Å². The van der Waals surface area contributed by atoms with E-state index in [1.54, 1.807) is 0 Å². The molecule has 17 heavy (non-hydrogen) atoms. The molecule has 1 aromatic carbocycles. The molecule has 0 N–H and O–H groups in total. The molecule has 1 atom stereocenters. The van der Waals surface area contributed by atoms with Crippen LogP contribution in [-0.2, 0) is 4.79 Å². The van der Waals surface area contributed by atoms with Crippen molar-refractivity contribution in [2.75, 3.05) is 0 Å². The molecule has 0 aliphatic heterocycles. The number of carbonyl (C=O) groups excluding carboxylic acids is 2. The van der Waals surface area contributed by atoms with Crippen molar-refractivity contribution in [3.8, 4) is 0 Å². The topological polar surface area (TPSA) is 34.1 Å². The Balaban J connectivity index is 3.00. The lowest BCUT2D eigenvalue weighted by Crippen LogP contribution is -2.29. The third-order valence-electron chi connectivity index (χ3n) is 2.20. The summed E-state index contributed by atoms with van der Waals surface area (Å²) >= 11 is 11.4. The molecule has 0 saturated heterocycles. The van der Waals surface area contributed by atoms with Gasteiger partial charge in [-0.25, -0.2) is 4.39 Å². The van der Waals surface area contributed by atoms with Crippen molar-refractivity contribution in [3.05, 3.63) is 33.8 Å². The maximum absolute atomic E-state index is 13.6. The first kappa shape index (κ1) is 14.1. The van der Waals surface area contributed by atoms with Gasteiger partial charge < -0.3 is 0 Å². The molecule has 92 valence electrons. The van der Waals surface area contributed by atoms with Crippen molar-refractivity contribution in [1.29, 1.82) is 0 Å². The molecule has 5 heteroatoms. The van der Waals surface area contributed by atoms with Crippen LogP contribution in [0.3, 0.4) is 0 Å². The van der Waals surface area contributed by atoms with Crippen LogP contribution < -0.4 is 0 Å². The minimum Gasteiger partial charge on any atom is -0.296 e. The molecule has 0 fully saturated rings. The van der Waals surface area contributed by atoms with Crippen molar-refractivity contribution in [2.45, 2.75) is 20.0 Å². The number of ketones is 2. The third kappa shape index (κ3) is 3.51. The number of benzene rings is 1. The van der Waals surface area contributed by atoms with Gasteiger partial charge in [0, 0.05) is 21.5 Å². The van der Waals surface area contributed by atoms with Crippen molar-refractivity contribution in [1.82, 2.24) is 0 Å². The Bertz CT molecular complexity index is 438. The maximum Gasteiger partial charge on any atom is 0.221 e. The number of Topliss-reactive ketones (excluding diaryl/α,β-unsaturated/α-hetero) is 2. The quantitative estimate of drug-likeness (QED) is 0.620. The van der Waals surface area contributed by atoms with E-state index in [-0.39, 0.29) is 15.6 Å². The van der Waals surface area contributed by atoms with Crippen molar-refractivity contribution in [3.63, 3.8) is 0 Å². The standard InChI is InChI=1S/C12H11Cl2FO2/c1-6(2)11(16)10(15)12(17)7-3-8(13)5-9(14)4-7/h3-6,10H,1-2H3. The number of hydrogen-bond acceptors (Lipinski definition) is 2. The summed E-state index contributed by atoms with van der Waals surface area (Å²) in [7, 11) is 0. The third-order valence-corrected chi connectivity index (χ3v) is 2.63. The molecule has 2 nitrogen and oxygen atoms in total. The Morgan fingerprint density at radius 3 is 2.00 bits per heavy atom. The van der Waals surface area contributed by atoms with Gasteiger partial charge in [-0.05, 0) is 18.2 Å².